The van der Waals surface area contributed by atoms with Crippen molar-refractivity contribution in [3.63, 3.8) is 0 Å². The lowest BCUT2D eigenvalue weighted by molar-refractivity contribution is -0.360. The van der Waals surface area contributed by atoms with Crippen molar-refractivity contribution in [3.05, 3.63) is 29.8 Å². The number of alkyl halides is 5. The van der Waals surface area contributed by atoms with Crippen molar-refractivity contribution in [2.75, 3.05) is 0 Å². The topological polar surface area (TPSA) is 9.23 Å². The van der Waals surface area contributed by atoms with E-state index in [9.17, 15) is 22.0 Å². The van der Waals surface area contributed by atoms with E-state index in [2.05, 4.69) is 11.7 Å². The first-order chi connectivity index (χ1) is 16.2. The van der Waals surface area contributed by atoms with Gasteiger partial charge < -0.3 is 4.74 Å². The second-order valence-electron chi connectivity index (χ2n) is 10.7. The minimum absolute atomic E-state index is 0.470. The van der Waals surface area contributed by atoms with E-state index < -0.39 is 18.0 Å². The molecule has 34 heavy (non-hydrogen) atoms. The molecule has 0 amide bonds. The lowest BCUT2D eigenvalue weighted by Crippen LogP contribution is -2.41. The van der Waals surface area contributed by atoms with Crippen molar-refractivity contribution in [2.24, 2.45) is 23.7 Å². The molecule has 0 bridgehead atoms. The number of rotatable bonds is 11. The second kappa shape index (κ2) is 12.6. The molecule has 1 aromatic carbocycles. The highest BCUT2D eigenvalue weighted by molar-refractivity contribution is 5.27. The van der Waals surface area contributed by atoms with E-state index in [4.69, 9.17) is 0 Å². The van der Waals surface area contributed by atoms with Crippen molar-refractivity contribution in [1.82, 2.24) is 0 Å². The van der Waals surface area contributed by atoms with E-state index in [1.807, 2.05) is 0 Å². The molecule has 0 aliphatic heterocycles. The average molecular weight is 489 g/mol. The maximum atomic E-state index is 13.0. The van der Waals surface area contributed by atoms with Crippen molar-refractivity contribution < 1.29 is 26.7 Å². The molecule has 0 atom stereocenters. The number of halogens is 5. The van der Waals surface area contributed by atoms with Gasteiger partial charge in [-0.25, -0.2) is 0 Å². The molecule has 0 heterocycles. The van der Waals surface area contributed by atoms with E-state index in [-0.39, 0.29) is 0 Å². The van der Waals surface area contributed by atoms with Gasteiger partial charge >= 0.3 is 12.3 Å². The summed E-state index contributed by atoms with van der Waals surface area (Å²) in [6.45, 7) is 2.27. The predicted octanol–water partition coefficient (Wildman–Crippen LogP) is 9.74. The number of hydrogen-bond donors (Lipinski definition) is 0. The van der Waals surface area contributed by atoms with Gasteiger partial charge in [0.25, 0.3) is 0 Å². The van der Waals surface area contributed by atoms with Gasteiger partial charge in [-0.15, -0.1) is 0 Å². The standard InChI is InChI=1S/C28H41F5O/c1-2-3-4-5-6-21-9-15-24(16-10-21)25-17-11-22(12-18-25)7-8-23-13-19-26(20-14-23)34-28(32,33)27(29,30)31/h13-14,19-22,24-25H,2-12,15-18H2,1H3/t21-,22?,24-,25?. The Labute approximate surface area is 201 Å². The van der Waals surface area contributed by atoms with E-state index in [0.29, 0.717) is 5.92 Å². The van der Waals surface area contributed by atoms with Crippen LogP contribution in [0.4, 0.5) is 22.0 Å². The molecule has 3 rings (SSSR count). The van der Waals surface area contributed by atoms with Crippen LogP contribution in [0.3, 0.4) is 0 Å². The Bertz CT molecular complexity index is 699. The minimum atomic E-state index is -5.72. The third-order valence-electron chi connectivity index (χ3n) is 8.26. The Morgan fingerprint density at radius 3 is 1.74 bits per heavy atom. The predicted molar refractivity (Wildman–Crippen MR) is 126 cm³/mol. The molecule has 0 radical (unpaired) electrons. The maximum Gasteiger partial charge on any atom is 0.499 e. The number of benzene rings is 1. The molecule has 0 spiro atoms. The average Bonchev–Trinajstić information content (AvgIpc) is 2.81. The zero-order valence-electron chi connectivity index (χ0n) is 20.5. The van der Waals surface area contributed by atoms with Crippen LogP contribution in [0.25, 0.3) is 0 Å². The largest absolute Gasteiger partial charge is 0.499 e. The molecule has 1 nitrogen and oxygen atoms in total. The summed E-state index contributed by atoms with van der Waals surface area (Å²) in [5, 5.41) is 0. The number of aryl methyl sites for hydroxylation is 1. The van der Waals surface area contributed by atoms with Crippen molar-refractivity contribution in [2.45, 2.75) is 116 Å². The van der Waals surface area contributed by atoms with Crippen LogP contribution in [0.1, 0.15) is 102 Å². The SMILES string of the molecule is CCCCCC[C@H]1CC[C@H](C2CCC(CCc3ccc(OC(F)(F)C(F)(F)F)cc3)CC2)CC1. The summed E-state index contributed by atoms with van der Waals surface area (Å²) in [6.07, 6.45) is 8.66. The number of ether oxygens (including phenoxy) is 1. The van der Waals surface area contributed by atoms with E-state index in [0.717, 1.165) is 36.2 Å². The van der Waals surface area contributed by atoms with Crippen molar-refractivity contribution in [3.8, 4) is 5.75 Å². The molecule has 194 valence electrons. The van der Waals surface area contributed by atoms with Gasteiger partial charge in [0.05, 0.1) is 0 Å². The third-order valence-corrected chi connectivity index (χ3v) is 8.26. The highest BCUT2D eigenvalue weighted by Gasteiger charge is 2.61. The van der Waals surface area contributed by atoms with Gasteiger partial charge in [0.15, 0.2) is 0 Å². The minimum Gasteiger partial charge on any atom is -0.426 e. The summed E-state index contributed by atoms with van der Waals surface area (Å²) in [4.78, 5) is 0. The smallest absolute Gasteiger partial charge is 0.426 e. The monoisotopic (exact) mass is 488 g/mol. The molecule has 2 saturated carbocycles. The summed E-state index contributed by atoms with van der Waals surface area (Å²) in [5.74, 6) is 2.96. The summed E-state index contributed by atoms with van der Waals surface area (Å²) < 4.78 is 66.8. The van der Waals surface area contributed by atoms with Crippen LogP contribution in [0.2, 0.25) is 0 Å². The first kappa shape index (κ1) is 27.3. The highest BCUT2D eigenvalue weighted by Crippen LogP contribution is 2.43. The molecule has 0 aromatic heterocycles. The van der Waals surface area contributed by atoms with Crippen LogP contribution in [0, 0.1) is 23.7 Å². The molecule has 1 aromatic rings. The quantitative estimate of drug-likeness (QED) is 0.222. The van der Waals surface area contributed by atoms with Gasteiger partial charge in [-0.1, -0.05) is 76.8 Å². The lowest BCUT2D eigenvalue weighted by atomic mass is 9.68. The molecule has 2 aliphatic rings. The third kappa shape index (κ3) is 8.12. The summed E-state index contributed by atoms with van der Waals surface area (Å²) in [7, 11) is 0. The number of hydrogen-bond acceptors (Lipinski definition) is 1. The lowest BCUT2D eigenvalue weighted by Gasteiger charge is -2.38. The molecular formula is C28H41F5O. The van der Waals surface area contributed by atoms with Crippen LogP contribution >= 0.6 is 0 Å². The van der Waals surface area contributed by atoms with E-state index in [1.165, 1.54) is 95.6 Å². The fourth-order valence-electron chi connectivity index (χ4n) is 6.06. The maximum absolute atomic E-state index is 13.0. The van der Waals surface area contributed by atoms with Crippen LogP contribution in [-0.4, -0.2) is 12.3 Å². The van der Waals surface area contributed by atoms with Gasteiger partial charge in [-0.2, -0.15) is 22.0 Å². The Balaban J connectivity index is 1.33. The fraction of sp³-hybridized carbons (Fsp3) is 0.786. The zero-order valence-corrected chi connectivity index (χ0v) is 20.5. The summed E-state index contributed by atoms with van der Waals surface area (Å²) in [5.41, 5.74) is 0.946. The van der Waals surface area contributed by atoms with Crippen LogP contribution in [0.15, 0.2) is 24.3 Å². The van der Waals surface area contributed by atoms with Crippen molar-refractivity contribution in [1.29, 1.82) is 0 Å². The van der Waals surface area contributed by atoms with Crippen molar-refractivity contribution >= 4 is 0 Å². The Kier molecular flexibility index (Phi) is 10.1. The summed E-state index contributed by atoms with van der Waals surface area (Å²) >= 11 is 0. The first-order valence-corrected chi connectivity index (χ1v) is 13.4. The molecule has 0 saturated heterocycles. The van der Waals surface area contributed by atoms with Gasteiger partial charge in [0.1, 0.15) is 5.75 Å². The second-order valence-corrected chi connectivity index (χ2v) is 10.7. The van der Waals surface area contributed by atoms with Crippen LogP contribution < -0.4 is 4.74 Å². The molecule has 6 heteroatoms. The fourth-order valence-corrected chi connectivity index (χ4v) is 6.06. The molecular weight excluding hydrogens is 447 g/mol. The van der Waals surface area contributed by atoms with Crippen LogP contribution in [0.5, 0.6) is 5.75 Å². The Hall–Kier alpha value is -1.33. The molecule has 0 unspecified atom stereocenters. The first-order valence-electron chi connectivity index (χ1n) is 13.4. The molecule has 2 aliphatic carbocycles. The highest BCUT2D eigenvalue weighted by atomic mass is 19.4. The van der Waals surface area contributed by atoms with Gasteiger partial charge in [-0.05, 0) is 79.9 Å². The Morgan fingerprint density at radius 2 is 1.24 bits per heavy atom. The molecule has 2 fully saturated rings. The van der Waals surface area contributed by atoms with Gasteiger partial charge in [-0.3, -0.25) is 0 Å². The van der Waals surface area contributed by atoms with Gasteiger partial charge in [0, 0.05) is 0 Å². The van der Waals surface area contributed by atoms with E-state index in [1.54, 1.807) is 12.1 Å². The number of unbranched alkanes of at least 4 members (excludes halogenated alkanes) is 3. The Morgan fingerprint density at radius 1 is 0.706 bits per heavy atom. The van der Waals surface area contributed by atoms with Crippen LogP contribution in [-0.2, 0) is 6.42 Å². The van der Waals surface area contributed by atoms with Gasteiger partial charge in [0.2, 0.25) is 0 Å². The normalized spacial score (nSPS) is 26.4. The molecule has 0 N–H and O–H groups in total. The summed E-state index contributed by atoms with van der Waals surface area (Å²) in [6, 6.07) is 5.58. The zero-order chi connectivity index (χ0) is 24.6. The van der Waals surface area contributed by atoms with E-state index >= 15 is 0 Å².